The molecule has 1 unspecified atom stereocenters. The molecular formula is C17H13F3N4O4. The summed E-state index contributed by atoms with van der Waals surface area (Å²) in [7, 11) is 0. The van der Waals surface area contributed by atoms with Gasteiger partial charge >= 0.3 is 12.1 Å². The summed E-state index contributed by atoms with van der Waals surface area (Å²) >= 11 is 0. The minimum Gasteiger partial charge on any atom is -0.371 e. The first-order chi connectivity index (χ1) is 13.3. The van der Waals surface area contributed by atoms with Crippen molar-refractivity contribution in [2.45, 2.75) is 12.3 Å². The molecule has 0 saturated carbocycles. The highest BCUT2D eigenvalue weighted by Crippen LogP contribution is 2.30. The van der Waals surface area contributed by atoms with Gasteiger partial charge in [-0.25, -0.2) is 0 Å². The molecular weight excluding hydrogens is 381 g/mol. The molecule has 3 aromatic rings. The van der Waals surface area contributed by atoms with Crippen molar-refractivity contribution >= 4 is 11.4 Å². The zero-order chi connectivity index (χ0) is 19.9. The fourth-order valence-electron chi connectivity index (χ4n) is 2.89. The second-order valence-corrected chi connectivity index (χ2v) is 6.13. The number of benzene rings is 1. The maximum absolute atomic E-state index is 12.5. The Hall–Kier alpha value is -3.05. The van der Waals surface area contributed by atoms with E-state index in [1.807, 2.05) is 0 Å². The minimum absolute atomic E-state index is 0.158. The average molecular weight is 394 g/mol. The Morgan fingerprint density at radius 2 is 1.89 bits per heavy atom. The Balaban J connectivity index is 1.53. The number of nitrogens with one attached hydrogen (secondary N) is 2. The van der Waals surface area contributed by atoms with Crippen molar-refractivity contribution in [3.05, 3.63) is 56.2 Å². The summed E-state index contributed by atoms with van der Waals surface area (Å²) in [6, 6.07) is 5.99. The quantitative estimate of drug-likeness (QED) is 0.645. The van der Waals surface area contributed by atoms with Crippen LogP contribution in [-0.4, -0.2) is 29.8 Å². The van der Waals surface area contributed by atoms with Crippen LogP contribution in [0.3, 0.4) is 0 Å². The normalized spacial score (nSPS) is 17.8. The molecule has 0 aliphatic carbocycles. The Morgan fingerprint density at radius 3 is 2.50 bits per heavy atom. The molecule has 146 valence electrons. The Labute approximate surface area is 155 Å². The first-order valence-electron chi connectivity index (χ1n) is 8.28. The highest BCUT2D eigenvalue weighted by atomic mass is 19.4. The van der Waals surface area contributed by atoms with E-state index in [4.69, 9.17) is 4.74 Å². The summed E-state index contributed by atoms with van der Waals surface area (Å²) in [5, 5.41) is 9.27. The first-order valence-corrected chi connectivity index (χ1v) is 8.28. The summed E-state index contributed by atoms with van der Waals surface area (Å²) in [5.74, 6) is -1.64. The number of anilines is 2. The molecule has 0 amide bonds. The van der Waals surface area contributed by atoms with E-state index in [9.17, 15) is 22.8 Å². The van der Waals surface area contributed by atoms with E-state index in [-0.39, 0.29) is 17.1 Å². The van der Waals surface area contributed by atoms with Crippen molar-refractivity contribution in [3.63, 3.8) is 0 Å². The van der Waals surface area contributed by atoms with E-state index in [1.165, 1.54) is 24.3 Å². The van der Waals surface area contributed by atoms with Crippen LogP contribution in [0.4, 0.5) is 24.5 Å². The molecule has 0 radical (unpaired) electrons. The average Bonchev–Trinajstić information content (AvgIpc) is 3.19. The Morgan fingerprint density at radius 1 is 1.14 bits per heavy atom. The van der Waals surface area contributed by atoms with Gasteiger partial charge in [-0.2, -0.15) is 18.2 Å². The molecule has 0 spiro atoms. The van der Waals surface area contributed by atoms with Crippen LogP contribution >= 0.6 is 0 Å². The molecule has 1 saturated heterocycles. The van der Waals surface area contributed by atoms with Gasteiger partial charge in [0.15, 0.2) is 0 Å². The molecule has 0 bridgehead atoms. The maximum atomic E-state index is 12.5. The molecule has 11 heteroatoms. The third kappa shape index (κ3) is 3.29. The van der Waals surface area contributed by atoms with Gasteiger partial charge in [0.05, 0.1) is 12.2 Å². The van der Waals surface area contributed by atoms with Crippen molar-refractivity contribution in [1.29, 1.82) is 0 Å². The fourth-order valence-corrected chi connectivity index (χ4v) is 2.89. The number of ether oxygens (including phenoxy) is 1. The number of hydrogen-bond acceptors (Lipinski definition) is 8. The second kappa shape index (κ2) is 6.84. The van der Waals surface area contributed by atoms with Gasteiger partial charge in [0.25, 0.3) is 0 Å². The third-order valence-electron chi connectivity index (χ3n) is 4.28. The predicted molar refractivity (Wildman–Crippen MR) is 90.9 cm³/mol. The molecule has 2 heterocycles. The van der Waals surface area contributed by atoms with Crippen LogP contribution in [0.1, 0.15) is 17.6 Å². The smallest absolute Gasteiger partial charge is 0.371 e. The monoisotopic (exact) mass is 394 g/mol. The molecule has 2 N–H and O–H groups in total. The molecule has 1 aliphatic rings. The highest BCUT2D eigenvalue weighted by Gasteiger charge is 2.38. The van der Waals surface area contributed by atoms with Crippen molar-refractivity contribution in [2.75, 3.05) is 25.0 Å². The lowest BCUT2D eigenvalue weighted by molar-refractivity contribution is -0.159. The van der Waals surface area contributed by atoms with Crippen LogP contribution < -0.4 is 21.5 Å². The largest absolute Gasteiger partial charge is 0.471 e. The molecule has 1 atom stereocenters. The number of rotatable bonds is 4. The van der Waals surface area contributed by atoms with Gasteiger partial charge in [-0.05, 0) is 24.3 Å². The van der Waals surface area contributed by atoms with E-state index >= 15 is 0 Å². The van der Waals surface area contributed by atoms with Crippen molar-refractivity contribution in [2.24, 2.45) is 0 Å². The number of hydrogen-bond donors (Lipinski definition) is 2. The highest BCUT2D eigenvalue weighted by molar-refractivity contribution is 5.69. The predicted octanol–water partition coefficient (Wildman–Crippen LogP) is 1.76. The van der Waals surface area contributed by atoms with Crippen LogP contribution in [0.25, 0.3) is 11.4 Å². The molecule has 4 rings (SSSR count). The number of aromatic nitrogens is 2. The molecule has 8 nitrogen and oxygen atoms in total. The van der Waals surface area contributed by atoms with E-state index < -0.39 is 29.0 Å². The topological polar surface area (TPSA) is 106 Å². The lowest BCUT2D eigenvalue weighted by atomic mass is 10.00. The van der Waals surface area contributed by atoms with Crippen molar-refractivity contribution in [1.82, 2.24) is 15.5 Å². The molecule has 1 aliphatic heterocycles. The summed E-state index contributed by atoms with van der Waals surface area (Å²) in [5.41, 5.74) is -0.00426. The lowest BCUT2D eigenvalue weighted by Gasteiger charge is -2.26. The molecule has 1 fully saturated rings. The summed E-state index contributed by atoms with van der Waals surface area (Å²) in [6.45, 7) is 1.53. The van der Waals surface area contributed by atoms with Crippen molar-refractivity contribution < 1.29 is 22.4 Å². The lowest BCUT2D eigenvalue weighted by Crippen LogP contribution is -2.44. The van der Waals surface area contributed by atoms with Crippen LogP contribution in [-0.2, 0) is 10.9 Å². The standard InChI is InChI=1S/C17H13F3N4O4/c18-17(19,20)16-23-15(24-28-16)8-1-3-9(4-2-8)22-12-11(13(25)14(12)26)10-7-21-5-6-27-10/h1-4,10,21-22H,5-7H2. The SMILES string of the molecule is O=c1c(Nc2ccc(-c3noc(C(F)(F)F)n3)cc2)c(C2CNCCO2)c1=O. The van der Waals surface area contributed by atoms with E-state index in [0.29, 0.717) is 30.9 Å². The summed E-state index contributed by atoms with van der Waals surface area (Å²) < 4.78 is 47.4. The Kier molecular flexibility index (Phi) is 4.47. The van der Waals surface area contributed by atoms with Gasteiger partial charge < -0.3 is 19.9 Å². The second-order valence-electron chi connectivity index (χ2n) is 6.13. The number of nitrogens with zero attached hydrogens (tertiary/aromatic N) is 2. The zero-order valence-corrected chi connectivity index (χ0v) is 14.2. The molecule has 28 heavy (non-hydrogen) atoms. The summed E-state index contributed by atoms with van der Waals surface area (Å²) in [4.78, 5) is 27.1. The van der Waals surface area contributed by atoms with Crippen LogP contribution in [0.15, 0.2) is 38.4 Å². The van der Waals surface area contributed by atoms with Gasteiger partial charge in [-0.15, -0.1) is 0 Å². The van der Waals surface area contributed by atoms with Gasteiger partial charge in [-0.3, -0.25) is 9.59 Å². The van der Waals surface area contributed by atoms with Gasteiger partial charge in [-0.1, -0.05) is 5.16 Å². The number of halogens is 3. The van der Waals surface area contributed by atoms with E-state index in [2.05, 4.69) is 25.3 Å². The Bertz CT molecular complexity index is 1060. The first kappa shape index (κ1) is 18.3. The molecule has 2 aromatic carbocycles. The van der Waals surface area contributed by atoms with Crippen LogP contribution in [0, 0.1) is 0 Å². The third-order valence-corrected chi connectivity index (χ3v) is 4.28. The maximum Gasteiger partial charge on any atom is 0.471 e. The van der Waals surface area contributed by atoms with Gasteiger partial charge in [0.1, 0.15) is 11.8 Å². The van der Waals surface area contributed by atoms with Gasteiger partial charge in [0.2, 0.25) is 16.7 Å². The van der Waals surface area contributed by atoms with E-state index in [1.54, 1.807) is 0 Å². The van der Waals surface area contributed by atoms with E-state index in [0.717, 1.165) is 0 Å². The van der Waals surface area contributed by atoms with Crippen molar-refractivity contribution in [3.8, 4) is 11.4 Å². The zero-order valence-electron chi connectivity index (χ0n) is 14.2. The number of alkyl halides is 3. The number of morpholine rings is 1. The molecule has 1 aromatic heterocycles. The van der Waals surface area contributed by atoms with Crippen LogP contribution in [0.5, 0.6) is 0 Å². The van der Waals surface area contributed by atoms with Gasteiger partial charge in [0, 0.05) is 24.3 Å². The summed E-state index contributed by atoms with van der Waals surface area (Å²) in [6.07, 6.45) is -5.22. The fraction of sp³-hybridized carbons (Fsp3) is 0.294. The minimum atomic E-state index is -4.72. The van der Waals surface area contributed by atoms with Crippen LogP contribution in [0.2, 0.25) is 0 Å².